The predicted molar refractivity (Wildman–Crippen MR) is 85.3 cm³/mol. The van der Waals surface area contributed by atoms with Crippen molar-refractivity contribution in [2.45, 2.75) is 13.8 Å². The minimum absolute atomic E-state index is 0.0310. The lowest BCUT2D eigenvalue weighted by molar-refractivity contribution is 0.0997. The lowest BCUT2D eigenvalue weighted by Crippen LogP contribution is -2.14. The van der Waals surface area contributed by atoms with Crippen LogP contribution in [0.3, 0.4) is 0 Å². The van der Waals surface area contributed by atoms with Gasteiger partial charge in [0.25, 0.3) is 5.91 Å². The number of para-hydroxylation sites is 2. The second kappa shape index (κ2) is 5.68. The molecule has 0 saturated carbocycles. The fraction of sp³-hybridized carbons (Fsp3) is 0.111. The third-order valence-electron chi connectivity index (χ3n) is 3.68. The summed E-state index contributed by atoms with van der Waals surface area (Å²) < 4.78 is 19.2. The largest absolute Gasteiger partial charge is 0.448 e. The lowest BCUT2D eigenvalue weighted by atomic mass is 10.1. The van der Waals surface area contributed by atoms with Gasteiger partial charge < -0.3 is 9.73 Å². The Labute approximate surface area is 131 Å². The standard InChI is InChI=1S/C18H14FNO3/c1-10-12-7-5-8-14(19)17(12)23-16(10)18(22)20-15-9-4-3-6-13(15)11(2)21/h3-9H,1-2H3,(H,20,22). The van der Waals surface area contributed by atoms with Crippen molar-refractivity contribution in [1.82, 2.24) is 0 Å². The smallest absolute Gasteiger partial charge is 0.291 e. The van der Waals surface area contributed by atoms with E-state index < -0.39 is 11.7 Å². The number of anilines is 1. The number of benzene rings is 2. The highest BCUT2D eigenvalue weighted by atomic mass is 19.1. The van der Waals surface area contributed by atoms with Crippen LogP contribution in [0, 0.1) is 12.7 Å². The molecule has 0 aliphatic heterocycles. The Morgan fingerprint density at radius 1 is 1.09 bits per heavy atom. The first kappa shape index (κ1) is 15.0. The molecule has 0 saturated heterocycles. The maximum absolute atomic E-state index is 13.8. The minimum Gasteiger partial charge on any atom is -0.448 e. The Morgan fingerprint density at radius 2 is 1.83 bits per heavy atom. The maximum atomic E-state index is 13.8. The molecule has 1 aromatic heterocycles. The SMILES string of the molecule is CC(=O)c1ccccc1NC(=O)c1oc2c(F)cccc2c1C. The predicted octanol–water partition coefficient (Wildman–Crippen LogP) is 4.34. The van der Waals surface area contributed by atoms with Gasteiger partial charge in [0.15, 0.2) is 22.9 Å². The highest BCUT2D eigenvalue weighted by Gasteiger charge is 2.20. The van der Waals surface area contributed by atoms with E-state index in [9.17, 15) is 14.0 Å². The van der Waals surface area contributed by atoms with Crippen LogP contribution in [0.5, 0.6) is 0 Å². The molecule has 0 spiro atoms. The molecule has 2 aromatic carbocycles. The molecule has 3 aromatic rings. The zero-order valence-corrected chi connectivity index (χ0v) is 12.6. The number of hydrogen-bond donors (Lipinski definition) is 1. The molecule has 4 nitrogen and oxygen atoms in total. The van der Waals surface area contributed by atoms with E-state index >= 15 is 0 Å². The summed E-state index contributed by atoms with van der Waals surface area (Å²) >= 11 is 0. The molecule has 1 amide bonds. The number of nitrogens with one attached hydrogen (secondary N) is 1. The van der Waals surface area contributed by atoms with Crippen LogP contribution in [-0.2, 0) is 0 Å². The molecule has 0 atom stereocenters. The van der Waals surface area contributed by atoms with E-state index in [2.05, 4.69) is 5.32 Å². The van der Waals surface area contributed by atoms with Gasteiger partial charge in [-0.2, -0.15) is 0 Å². The van der Waals surface area contributed by atoms with Crippen LogP contribution in [0.1, 0.15) is 33.4 Å². The summed E-state index contributed by atoms with van der Waals surface area (Å²) in [6, 6.07) is 11.2. The van der Waals surface area contributed by atoms with Crippen LogP contribution >= 0.6 is 0 Å². The van der Waals surface area contributed by atoms with Gasteiger partial charge in [0.2, 0.25) is 0 Å². The maximum Gasteiger partial charge on any atom is 0.291 e. The molecule has 116 valence electrons. The van der Waals surface area contributed by atoms with Crippen LogP contribution in [0.4, 0.5) is 10.1 Å². The Morgan fingerprint density at radius 3 is 2.52 bits per heavy atom. The van der Waals surface area contributed by atoms with Crippen molar-refractivity contribution in [2.24, 2.45) is 0 Å². The molecule has 0 unspecified atom stereocenters. The van der Waals surface area contributed by atoms with Gasteiger partial charge in [-0.3, -0.25) is 9.59 Å². The van der Waals surface area contributed by atoms with Crippen molar-refractivity contribution in [1.29, 1.82) is 0 Å². The summed E-state index contributed by atoms with van der Waals surface area (Å²) in [6.45, 7) is 3.11. The van der Waals surface area contributed by atoms with E-state index in [1.165, 1.54) is 13.0 Å². The van der Waals surface area contributed by atoms with E-state index in [-0.39, 0.29) is 17.1 Å². The number of furan rings is 1. The average molecular weight is 311 g/mol. The first-order valence-electron chi connectivity index (χ1n) is 7.08. The molecule has 3 rings (SSSR count). The lowest BCUT2D eigenvalue weighted by Gasteiger charge is -2.07. The zero-order valence-electron chi connectivity index (χ0n) is 12.6. The number of carbonyl (C=O) groups excluding carboxylic acids is 2. The van der Waals surface area contributed by atoms with E-state index in [1.807, 2.05) is 0 Å². The van der Waals surface area contributed by atoms with Crippen molar-refractivity contribution in [3.8, 4) is 0 Å². The number of carbonyl (C=O) groups is 2. The van der Waals surface area contributed by atoms with Crippen molar-refractivity contribution in [3.05, 3.63) is 65.2 Å². The summed E-state index contributed by atoms with van der Waals surface area (Å²) in [4.78, 5) is 24.1. The molecule has 0 bridgehead atoms. The molecule has 1 heterocycles. The van der Waals surface area contributed by atoms with Crippen LogP contribution < -0.4 is 5.32 Å². The molecule has 0 aliphatic rings. The number of fused-ring (bicyclic) bond motifs is 1. The van der Waals surface area contributed by atoms with Crippen LogP contribution in [0.25, 0.3) is 11.0 Å². The van der Waals surface area contributed by atoms with Crippen LogP contribution in [0.15, 0.2) is 46.9 Å². The van der Waals surface area contributed by atoms with Gasteiger partial charge >= 0.3 is 0 Å². The number of aryl methyl sites for hydroxylation is 1. The Hall–Kier alpha value is -2.95. The van der Waals surface area contributed by atoms with Gasteiger partial charge in [-0.15, -0.1) is 0 Å². The highest BCUT2D eigenvalue weighted by molar-refractivity contribution is 6.10. The van der Waals surface area contributed by atoms with Gasteiger partial charge in [-0.05, 0) is 32.0 Å². The monoisotopic (exact) mass is 311 g/mol. The van der Waals surface area contributed by atoms with Crippen molar-refractivity contribution >= 4 is 28.3 Å². The van der Waals surface area contributed by atoms with Crippen molar-refractivity contribution in [3.63, 3.8) is 0 Å². The number of halogens is 1. The van der Waals surface area contributed by atoms with Gasteiger partial charge in [-0.25, -0.2) is 4.39 Å². The van der Waals surface area contributed by atoms with E-state index in [0.29, 0.717) is 22.2 Å². The van der Waals surface area contributed by atoms with E-state index in [4.69, 9.17) is 4.42 Å². The fourth-order valence-corrected chi connectivity index (χ4v) is 2.50. The fourth-order valence-electron chi connectivity index (χ4n) is 2.50. The first-order chi connectivity index (χ1) is 11.0. The normalized spacial score (nSPS) is 10.7. The molecule has 23 heavy (non-hydrogen) atoms. The van der Waals surface area contributed by atoms with Gasteiger partial charge in [0.05, 0.1) is 5.69 Å². The molecular formula is C18H14FNO3. The number of rotatable bonds is 3. The Balaban J connectivity index is 2.01. The van der Waals surface area contributed by atoms with Crippen molar-refractivity contribution < 1.29 is 18.4 Å². The topological polar surface area (TPSA) is 59.3 Å². The molecule has 0 fully saturated rings. The van der Waals surface area contributed by atoms with Gasteiger partial charge in [-0.1, -0.05) is 24.3 Å². The number of amides is 1. The summed E-state index contributed by atoms with van der Waals surface area (Å²) in [5.41, 5.74) is 1.40. The second-order valence-corrected chi connectivity index (χ2v) is 5.23. The van der Waals surface area contributed by atoms with E-state index in [0.717, 1.165) is 0 Å². The summed E-state index contributed by atoms with van der Waals surface area (Å²) in [5.74, 6) is -1.17. The summed E-state index contributed by atoms with van der Waals surface area (Å²) in [6.07, 6.45) is 0. The summed E-state index contributed by atoms with van der Waals surface area (Å²) in [7, 11) is 0. The molecule has 1 N–H and O–H groups in total. The third-order valence-corrected chi connectivity index (χ3v) is 3.68. The minimum atomic E-state index is -0.521. The average Bonchev–Trinajstić information content (AvgIpc) is 2.86. The quantitative estimate of drug-likeness (QED) is 0.732. The molecule has 5 heteroatoms. The number of ketones is 1. The van der Waals surface area contributed by atoms with Gasteiger partial charge in [0.1, 0.15) is 0 Å². The van der Waals surface area contributed by atoms with E-state index in [1.54, 1.807) is 43.3 Å². The zero-order chi connectivity index (χ0) is 16.6. The van der Waals surface area contributed by atoms with Gasteiger partial charge in [0, 0.05) is 16.5 Å². The number of Topliss-reactive ketones (excluding diaryl/α,β-unsaturated/α-hetero) is 1. The summed E-state index contributed by atoms with van der Waals surface area (Å²) in [5, 5.41) is 3.20. The third kappa shape index (κ3) is 2.61. The Bertz CT molecular complexity index is 927. The van der Waals surface area contributed by atoms with Crippen LogP contribution in [0.2, 0.25) is 0 Å². The molecule has 0 radical (unpaired) electrons. The van der Waals surface area contributed by atoms with Crippen molar-refractivity contribution in [2.75, 3.05) is 5.32 Å². The van der Waals surface area contributed by atoms with Crippen LogP contribution in [-0.4, -0.2) is 11.7 Å². The molecular weight excluding hydrogens is 297 g/mol. The molecule has 0 aliphatic carbocycles. The number of hydrogen-bond acceptors (Lipinski definition) is 3. The second-order valence-electron chi connectivity index (χ2n) is 5.23. The highest BCUT2D eigenvalue weighted by Crippen LogP contribution is 2.28. The Kier molecular flexibility index (Phi) is 3.70. The first-order valence-corrected chi connectivity index (χ1v) is 7.08.